The Balaban J connectivity index is 0. The van der Waals surface area contributed by atoms with E-state index in [9.17, 15) is 0 Å². The van der Waals surface area contributed by atoms with Crippen LogP contribution in [0.4, 0.5) is 0 Å². The number of hydrogen-bond donors (Lipinski definition) is 0. The van der Waals surface area contributed by atoms with Gasteiger partial charge in [0.15, 0.2) is 0 Å². The normalized spacial score (nSPS) is 12.3. The van der Waals surface area contributed by atoms with Crippen molar-refractivity contribution in [3.8, 4) is 0 Å². The van der Waals surface area contributed by atoms with Crippen molar-refractivity contribution in [1.29, 1.82) is 0 Å². The molecule has 0 fully saturated rings. The maximum absolute atomic E-state index is 4.39. The summed E-state index contributed by atoms with van der Waals surface area (Å²) in [6, 6.07) is 0. The third-order valence-electron chi connectivity index (χ3n) is 0.930. The zero-order valence-corrected chi connectivity index (χ0v) is 8.02. The van der Waals surface area contributed by atoms with Crippen LogP contribution in [0.15, 0.2) is 11.8 Å². The van der Waals surface area contributed by atoms with Gasteiger partial charge in [0.25, 0.3) is 0 Å². The zero-order valence-electron chi connectivity index (χ0n) is 8.02. The zero-order chi connectivity index (χ0) is 7.49. The summed E-state index contributed by atoms with van der Waals surface area (Å²) in [5, 5.41) is 4.39. The minimum atomic E-state index is 0. The molecule has 10 heavy (non-hydrogen) atoms. The molecule has 0 heterocycles. The molecule has 0 bridgehead atoms. The van der Waals surface area contributed by atoms with Gasteiger partial charge in [-0.05, 0) is 6.92 Å². The van der Waals surface area contributed by atoms with Crippen LogP contribution < -0.4 is 18.9 Å². The third kappa shape index (κ3) is 8.14. The van der Waals surface area contributed by atoms with E-state index in [-0.39, 0.29) is 24.4 Å². The maximum atomic E-state index is 4.39. The summed E-state index contributed by atoms with van der Waals surface area (Å²) < 4.78 is 0. The van der Waals surface area contributed by atoms with Crippen molar-refractivity contribution in [3.05, 3.63) is 17.1 Å². The Bertz CT molecular complexity index is 111. The van der Waals surface area contributed by atoms with Crippen LogP contribution in [0.3, 0.4) is 0 Å². The molecule has 0 amide bonds. The first-order valence-corrected chi connectivity index (χ1v) is 3.31. The van der Waals surface area contributed by atoms with E-state index in [0.29, 0.717) is 0 Å². The Morgan fingerprint density at radius 2 is 1.70 bits per heavy atom. The van der Waals surface area contributed by atoms with Crippen LogP contribution >= 0.6 is 0 Å². The van der Waals surface area contributed by atoms with Gasteiger partial charge in [-0.1, -0.05) is 27.7 Å². The molecule has 0 N–H and O–H groups in total. The Hall–Kier alpha value is 0.137. The Kier molecular flexibility index (Phi) is 6.23. The predicted molar refractivity (Wildman–Crippen MR) is 42.5 cm³/mol. The van der Waals surface area contributed by atoms with E-state index in [2.05, 4.69) is 26.1 Å². The van der Waals surface area contributed by atoms with Gasteiger partial charge in [0.2, 0.25) is 0 Å². The topological polar surface area (TPSA) is 14.1 Å². The standard InChI is InChI=1S/C8H16N.Li/c1-6-7(2)9-8(3,4)5;/h6H,1-5H3;/q-1;+1/b7-6-;. The minimum absolute atomic E-state index is 0. The second kappa shape index (κ2) is 4.88. The molecule has 0 aliphatic heterocycles. The molecule has 0 aliphatic carbocycles. The molecule has 0 aliphatic rings. The first-order chi connectivity index (χ1) is 3.95. The van der Waals surface area contributed by atoms with Gasteiger partial charge in [-0.15, -0.1) is 11.6 Å². The van der Waals surface area contributed by atoms with E-state index >= 15 is 0 Å². The van der Waals surface area contributed by atoms with Crippen molar-refractivity contribution in [2.24, 2.45) is 0 Å². The molecule has 0 atom stereocenters. The average Bonchev–Trinajstić information content (AvgIpc) is 1.62. The molecule has 2 heteroatoms. The monoisotopic (exact) mass is 133 g/mol. The average molecular weight is 133 g/mol. The van der Waals surface area contributed by atoms with Gasteiger partial charge in [-0.3, -0.25) is 0 Å². The molecule has 0 radical (unpaired) electrons. The Labute approximate surface area is 76.5 Å². The van der Waals surface area contributed by atoms with Crippen molar-refractivity contribution in [1.82, 2.24) is 0 Å². The van der Waals surface area contributed by atoms with E-state index in [1.165, 1.54) is 0 Å². The van der Waals surface area contributed by atoms with Crippen molar-refractivity contribution < 1.29 is 18.9 Å². The molecule has 0 aromatic rings. The first kappa shape index (κ1) is 12.8. The second-order valence-corrected chi connectivity index (χ2v) is 3.21. The fraction of sp³-hybridized carbons (Fsp3) is 0.750. The summed E-state index contributed by atoms with van der Waals surface area (Å²) in [7, 11) is 0. The van der Waals surface area contributed by atoms with Crippen LogP contribution in [0, 0.1) is 0 Å². The third-order valence-corrected chi connectivity index (χ3v) is 0.930. The molecule has 54 valence electrons. The van der Waals surface area contributed by atoms with Gasteiger partial charge >= 0.3 is 18.9 Å². The summed E-state index contributed by atoms with van der Waals surface area (Å²) in [4.78, 5) is 0. The van der Waals surface area contributed by atoms with Crippen LogP contribution in [0.2, 0.25) is 0 Å². The molecule has 0 spiro atoms. The molecular formula is C8H16LiN. The van der Waals surface area contributed by atoms with E-state index in [0.717, 1.165) is 5.70 Å². The largest absolute Gasteiger partial charge is 1.00 e. The molecule has 0 unspecified atom stereocenters. The van der Waals surface area contributed by atoms with Crippen LogP contribution in [0.5, 0.6) is 0 Å². The SMILES string of the molecule is C/C=C(/C)[N-]C(C)(C)C.[Li+]. The Morgan fingerprint density at radius 3 is 1.80 bits per heavy atom. The molecule has 0 saturated carbocycles. The molecule has 1 nitrogen and oxygen atoms in total. The number of rotatable bonds is 1. The van der Waals surface area contributed by atoms with Gasteiger partial charge in [0, 0.05) is 0 Å². The quantitative estimate of drug-likeness (QED) is 0.450. The summed E-state index contributed by atoms with van der Waals surface area (Å²) >= 11 is 0. The number of nitrogens with zero attached hydrogens (tertiary/aromatic N) is 1. The smallest absolute Gasteiger partial charge is 0.684 e. The summed E-state index contributed by atoms with van der Waals surface area (Å²) in [5.41, 5.74) is 1.19. The Morgan fingerprint density at radius 1 is 1.30 bits per heavy atom. The molecular weight excluding hydrogens is 117 g/mol. The van der Waals surface area contributed by atoms with Gasteiger partial charge in [-0.2, -0.15) is 5.70 Å². The van der Waals surface area contributed by atoms with Crippen molar-refractivity contribution in [2.45, 2.75) is 40.2 Å². The van der Waals surface area contributed by atoms with Crippen LogP contribution in [-0.2, 0) is 0 Å². The molecule has 0 aromatic heterocycles. The first-order valence-electron chi connectivity index (χ1n) is 3.31. The van der Waals surface area contributed by atoms with Crippen molar-refractivity contribution >= 4 is 0 Å². The van der Waals surface area contributed by atoms with Crippen LogP contribution in [0.25, 0.3) is 5.32 Å². The van der Waals surface area contributed by atoms with Gasteiger partial charge < -0.3 is 5.32 Å². The molecule has 0 rings (SSSR count). The predicted octanol–water partition coefficient (Wildman–Crippen LogP) is 0.0863. The molecule has 0 aromatic carbocycles. The van der Waals surface area contributed by atoms with Crippen molar-refractivity contribution in [3.63, 3.8) is 0 Å². The fourth-order valence-electron chi connectivity index (χ4n) is 0.594. The fourth-order valence-corrected chi connectivity index (χ4v) is 0.594. The van der Waals surface area contributed by atoms with Gasteiger partial charge in [0.1, 0.15) is 0 Å². The van der Waals surface area contributed by atoms with Crippen LogP contribution in [-0.4, -0.2) is 5.54 Å². The van der Waals surface area contributed by atoms with E-state index in [4.69, 9.17) is 0 Å². The van der Waals surface area contributed by atoms with Crippen molar-refractivity contribution in [2.75, 3.05) is 0 Å². The summed E-state index contributed by atoms with van der Waals surface area (Å²) in [6.45, 7) is 10.3. The van der Waals surface area contributed by atoms with E-state index in [1.807, 2.05) is 19.9 Å². The number of allylic oxidation sites excluding steroid dienone is 2. The summed E-state index contributed by atoms with van der Waals surface area (Å²) in [5.74, 6) is 0. The number of hydrogen-bond acceptors (Lipinski definition) is 0. The summed E-state index contributed by atoms with van der Waals surface area (Å²) in [6.07, 6.45) is 2.02. The molecule has 0 saturated heterocycles. The second-order valence-electron chi connectivity index (χ2n) is 3.21. The van der Waals surface area contributed by atoms with E-state index in [1.54, 1.807) is 0 Å². The van der Waals surface area contributed by atoms with Gasteiger partial charge in [0.05, 0.1) is 0 Å². The van der Waals surface area contributed by atoms with Gasteiger partial charge in [-0.25, -0.2) is 0 Å². The van der Waals surface area contributed by atoms with Crippen LogP contribution in [0.1, 0.15) is 34.6 Å². The maximum Gasteiger partial charge on any atom is 1.00 e. The van der Waals surface area contributed by atoms with E-state index < -0.39 is 0 Å². The minimum Gasteiger partial charge on any atom is -0.684 e.